The van der Waals surface area contributed by atoms with Gasteiger partial charge in [-0.2, -0.15) is 0 Å². The largest absolute Gasteiger partial charge is 0.505 e. The summed E-state index contributed by atoms with van der Waals surface area (Å²) >= 11 is 6.18. The molecule has 1 aromatic heterocycles. The zero-order valence-electron chi connectivity index (χ0n) is 20.8. The second-order valence-electron chi connectivity index (χ2n) is 10.3. The van der Waals surface area contributed by atoms with Gasteiger partial charge in [0, 0.05) is 16.0 Å². The average Bonchev–Trinajstić information content (AvgIpc) is 3.22. The molecule has 0 aliphatic carbocycles. The van der Waals surface area contributed by atoms with E-state index in [-0.39, 0.29) is 11.2 Å². The number of phenolic OH excluding ortho intramolecular Hbond substituents is 1. The smallest absolute Gasteiger partial charge is 0.147 e. The first-order valence-electron chi connectivity index (χ1n) is 12.1. The number of rotatable bonds is 8. The fourth-order valence-electron chi connectivity index (χ4n) is 4.61. The maximum atomic E-state index is 11.6. The van der Waals surface area contributed by atoms with E-state index in [9.17, 15) is 5.11 Å². The number of hydrogen-bond acceptors (Lipinski definition) is 3. The zero-order valence-corrected chi connectivity index (χ0v) is 21.5. The van der Waals surface area contributed by atoms with Gasteiger partial charge in [-0.1, -0.05) is 102 Å². The summed E-state index contributed by atoms with van der Waals surface area (Å²) in [6.07, 6.45) is 4.64. The van der Waals surface area contributed by atoms with E-state index in [1.54, 1.807) is 16.9 Å². The molecule has 1 heterocycles. The molecule has 0 atom stereocenters. The zero-order chi connectivity index (χ0) is 24.5. The maximum Gasteiger partial charge on any atom is 0.147 e. The minimum Gasteiger partial charge on any atom is -0.505 e. The molecule has 4 aromatic rings. The lowest BCUT2D eigenvalue weighted by Crippen LogP contribution is -2.23. The van der Waals surface area contributed by atoms with Crippen LogP contribution in [-0.2, 0) is 10.8 Å². The summed E-state index contributed by atoms with van der Waals surface area (Å²) in [5, 5.41) is 21.5. The fourth-order valence-corrected chi connectivity index (χ4v) is 4.77. The van der Waals surface area contributed by atoms with Crippen molar-refractivity contribution in [1.29, 1.82) is 0 Å². The lowest BCUT2D eigenvalue weighted by Gasteiger charge is -2.32. The summed E-state index contributed by atoms with van der Waals surface area (Å²) in [6.45, 7) is 11.1. The van der Waals surface area contributed by atoms with Crippen LogP contribution in [0.2, 0.25) is 5.02 Å². The molecule has 5 heteroatoms. The Bertz CT molecular complexity index is 1290. The molecule has 0 bridgehead atoms. The minimum atomic E-state index is -0.411. The Morgan fingerprint density at radius 1 is 0.853 bits per heavy atom. The summed E-state index contributed by atoms with van der Waals surface area (Å²) in [5.74, 6) is 0.202. The van der Waals surface area contributed by atoms with E-state index in [2.05, 4.69) is 63.0 Å². The summed E-state index contributed by atoms with van der Waals surface area (Å²) in [7, 11) is 0. The number of benzene rings is 3. The van der Waals surface area contributed by atoms with E-state index >= 15 is 0 Å². The van der Waals surface area contributed by atoms with Crippen LogP contribution in [0.5, 0.6) is 5.75 Å². The van der Waals surface area contributed by atoms with Gasteiger partial charge in [-0.15, -0.1) is 15.0 Å². The van der Waals surface area contributed by atoms with Crippen LogP contribution < -0.4 is 0 Å². The number of nitrogens with zero attached hydrogens (tertiary/aromatic N) is 3. The van der Waals surface area contributed by atoms with Crippen molar-refractivity contribution in [3.8, 4) is 11.4 Å². The van der Waals surface area contributed by atoms with E-state index in [4.69, 9.17) is 11.6 Å². The topological polar surface area (TPSA) is 50.9 Å². The van der Waals surface area contributed by atoms with Gasteiger partial charge < -0.3 is 5.11 Å². The number of hydrogen-bond donors (Lipinski definition) is 1. The highest BCUT2D eigenvalue weighted by Crippen LogP contribution is 2.43. The van der Waals surface area contributed by atoms with Crippen molar-refractivity contribution < 1.29 is 5.11 Å². The Kier molecular flexibility index (Phi) is 6.73. The van der Waals surface area contributed by atoms with Gasteiger partial charge in [-0.25, -0.2) is 0 Å². The molecule has 0 spiro atoms. The van der Waals surface area contributed by atoms with E-state index in [0.717, 1.165) is 23.1 Å². The van der Waals surface area contributed by atoms with Crippen LogP contribution in [0.3, 0.4) is 0 Å². The number of aromatic nitrogens is 3. The second-order valence-corrected chi connectivity index (χ2v) is 10.8. The SMILES string of the molecule is CCCCCC(C)(C)c1cc(-n2nc3ccc(Cl)cc3n2)c(O)c(C(C)(C)c2ccccc2)c1. The fraction of sp³-hybridized carbons (Fsp3) is 0.379. The van der Waals surface area contributed by atoms with Crippen LogP contribution in [0.4, 0.5) is 0 Å². The number of fused-ring (bicyclic) bond motifs is 1. The van der Waals surface area contributed by atoms with Crippen LogP contribution in [-0.4, -0.2) is 20.1 Å². The van der Waals surface area contributed by atoms with Gasteiger partial charge in [0.1, 0.15) is 22.5 Å². The maximum absolute atomic E-state index is 11.6. The molecule has 0 saturated heterocycles. The molecule has 0 radical (unpaired) electrons. The lowest BCUT2D eigenvalue weighted by atomic mass is 9.73. The van der Waals surface area contributed by atoms with E-state index < -0.39 is 5.41 Å². The number of halogens is 1. The number of aromatic hydroxyl groups is 1. The molecule has 0 aliphatic rings. The third kappa shape index (κ3) is 4.69. The van der Waals surface area contributed by atoms with Crippen molar-refractivity contribution in [2.45, 2.75) is 71.1 Å². The van der Waals surface area contributed by atoms with Crippen molar-refractivity contribution >= 4 is 22.6 Å². The van der Waals surface area contributed by atoms with Crippen LogP contribution in [0, 0.1) is 0 Å². The molecule has 3 aromatic carbocycles. The Labute approximate surface area is 207 Å². The molecule has 0 amide bonds. The molecule has 34 heavy (non-hydrogen) atoms. The molecule has 0 aliphatic heterocycles. The van der Waals surface area contributed by atoms with Crippen molar-refractivity contribution in [2.24, 2.45) is 0 Å². The molecule has 0 fully saturated rings. The van der Waals surface area contributed by atoms with Gasteiger partial charge in [0.15, 0.2) is 0 Å². The van der Waals surface area contributed by atoms with Gasteiger partial charge in [-0.05, 0) is 47.2 Å². The number of phenols is 1. The van der Waals surface area contributed by atoms with E-state index in [0.29, 0.717) is 16.2 Å². The van der Waals surface area contributed by atoms with Crippen molar-refractivity contribution in [3.05, 3.63) is 82.4 Å². The lowest BCUT2D eigenvalue weighted by molar-refractivity contribution is 0.433. The predicted octanol–water partition coefficient (Wildman–Crippen LogP) is 7.96. The van der Waals surface area contributed by atoms with Gasteiger partial charge >= 0.3 is 0 Å². The van der Waals surface area contributed by atoms with E-state index in [1.807, 2.05) is 30.3 Å². The molecule has 4 rings (SSSR count). The molecule has 0 saturated carbocycles. The van der Waals surface area contributed by atoms with Crippen molar-refractivity contribution in [1.82, 2.24) is 15.0 Å². The molecular weight excluding hydrogens is 442 g/mol. The van der Waals surface area contributed by atoms with Crippen LogP contribution in [0.25, 0.3) is 16.7 Å². The summed E-state index contributed by atoms with van der Waals surface area (Å²) < 4.78 is 0. The normalized spacial score (nSPS) is 12.4. The Balaban J connectivity index is 1.92. The van der Waals surface area contributed by atoms with Gasteiger partial charge in [-0.3, -0.25) is 0 Å². The highest BCUT2D eigenvalue weighted by atomic mass is 35.5. The molecule has 178 valence electrons. The Morgan fingerprint density at radius 2 is 1.56 bits per heavy atom. The average molecular weight is 476 g/mol. The third-order valence-electron chi connectivity index (χ3n) is 7.00. The summed E-state index contributed by atoms with van der Waals surface area (Å²) in [5.41, 5.74) is 4.74. The molecule has 4 nitrogen and oxygen atoms in total. The minimum absolute atomic E-state index is 0.0605. The van der Waals surface area contributed by atoms with Gasteiger partial charge in [0.2, 0.25) is 0 Å². The first-order valence-corrected chi connectivity index (χ1v) is 12.5. The van der Waals surface area contributed by atoms with Crippen molar-refractivity contribution in [2.75, 3.05) is 0 Å². The monoisotopic (exact) mass is 475 g/mol. The number of unbranched alkanes of at least 4 members (excludes halogenated alkanes) is 2. The standard InChI is InChI=1S/C29H34ClN3O/c1-6-7-11-16-28(2,3)21-17-23(29(4,5)20-12-9-8-10-13-20)27(34)26(18-21)33-31-24-15-14-22(30)19-25(24)32-33/h8-10,12-15,17-19,34H,6-7,11,16H2,1-5H3. The van der Waals surface area contributed by atoms with Gasteiger partial charge in [0.25, 0.3) is 0 Å². The van der Waals surface area contributed by atoms with Crippen LogP contribution >= 0.6 is 11.6 Å². The summed E-state index contributed by atoms with van der Waals surface area (Å²) in [4.78, 5) is 1.55. The highest BCUT2D eigenvalue weighted by Gasteiger charge is 2.32. The first-order chi connectivity index (χ1) is 16.1. The third-order valence-corrected chi connectivity index (χ3v) is 7.24. The first kappa shape index (κ1) is 24.3. The molecular formula is C29H34ClN3O. The van der Waals surface area contributed by atoms with Crippen molar-refractivity contribution in [3.63, 3.8) is 0 Å². The Morgan fingerprint density at radius 3 is 2.26 bits per heavy atom. The van der Waals surface area contributed by atoms with Crippen LogP contribution in [0.1, 0.15) is 77.0 Å². The quantitative estimate of drug-likeness (QED) is 0.263. The second kappa shape index (κ2) is 9.42. The molecule has 0 unspecified atom stereocenters. The Hall–Kier alpha value is -2.85. The summed E-state index contributed by atoms with van der Waals surface area (Å²) in [6, 6.07) is 20.0. The molecule has 1 N–H and O–H groups in total. The van der Waals surface area contributed by atoms with Gasteiger partial charge in [0.05, 0.1) is 0 Å². The van der Waals surface area contributed by atoms with Crippen LogP contribution in [0.15, 0.2) is 60.7 Å². The van der Waals surface area contributed by atoms with E-state index in [1.165, 1.54) is 24.8 Å². The predicted molar refractivity (Wildman–Crippen MR) is 141 cm³/mol. The highest BCUT2D eigenvalue weighted by molar-refractivity contribution is 6.31.